The van der Waals surface area contributed by atoms with E-state index in [-0.39, 0.29) is 30.8 Å². The van der Waals surface area contributed by atoms with Gasteiger partial charge in [-0.15, -0.1) is 0 Å². The average Bonchev–Trinajstić information content (AvgIpc) is 2.88. The summed E-state index contributed by atoms with van der Waals surface area (Å²) in [6.07, 6.45) is 3.69. The zero-order chi connectivity index (χ0) is 15.0. The molecule has 111 valence electrons. The number of ketones is 1. The van der Waals surface area contributed by atoms with Gasteiger partial charge in [0.05, 0.1) is 12.5 Å². The molecule has 2 fully saturated rings. The summed E-state index contributed by atoms with van der Waals surface area (Å²) in [5, 5.41) is 2.79. The Morgan fingerprint density at radius 3 is 2.90 bits per heavy atom. The van der Waals surface area contributed by atoms with Gasteiger partial charge in [0, 0.05) is 5.41 Å². The second-order valence-corrected chi connectivity index (χ2v) is 6.23. The fourth-order valence-electron chi connectivity index (χ4n) is 2.76. The van der Waals surface area contributed by atoms with E-state index in [9.17, 15) is 14.4 Å². The van der Waals surface area contributed by atoms with E-state index < -0.39 is 16.9 Å². The van der Waals surface area contributed by atoms with Crippen molar-refractivity contribution >= 4 is 17.6 Å². The van der Waals surface area contributed by atoms with Crippen molar-refractivity contribution in [3.05, 3.63) is 6.42 Å². The Morgan fingerprint density at radius 2 is 2.25 bits per heavy atom. The maximum Gasteiger partial charge on any atom is 0.224 e. The van der Waals surface area contributed by atoms with Crippen LogP contribution in [0.25, 0.3) is 0 Å². The Hall–Kier alpha value is -1.43. The highest BCUT2D eigenvalue weighted by Crippen LogP contribution is 2.37. The molecule has 2 aliphatic rings. The Labute approximate surface area is 118 Å². The lowest BCUT2D eigenvalue weighted by Crippen LogP contribution is -2.56. The number of fused-ring (bicyclic) bond motifs is 1. The topological polar surface area (TPSA) is 98.5 Å². The van der Waals surface area contributed by atoms with Crippen molar-refractivity contribution in [1.82, 2.24) is 5.32 Å². The van der Waals surface area contributed by atoms with Crippen LogP contribution in [0, 0.1) is 11.8 Å². The molecular formula is C14H21N2O4. The molecule has 0 spiro atoms. The predicted molar refractivity (Wildman–Crippen MR) is 71.4 cm³/mol. The molecule has 0 bridgehead atoms. The first-order valence-electron chi connectivity index (χ1n) is 6.88. The Kier molecular flexibility index (Phi) is 3.86. The summed E-state index contributed by atoms with van der Waals surface area (Å²) in [7, 11) is 0. The summed E-state index contributed by atoms with van der Waals surface area (Å²) in [4.78, 5) is 35.2. The van der Waals surface area contributed by atoms with Gasteiger partial charge in [0.2, 0.25) is 11.8 Å². The SMILES string of the molecule is CC(C)(C[CH]C(=O)NC12CCCC1OCC2=O)C(N)=O. The number of rotatable bonds is 5. The van der Waals surface area contributed by atoms with Crippen molar-refractivity contribution in [2.75, 3.05) is 6.61 Å². The Bertz CT molecular complexity index is 446. The maximum absolute atomic E-state index is 12.0. The van der Waals surface area contributed by atoms with Crippen molar-refractivity contribution < 1.29 is 19.1 Å². The lowest BCUT2D eigenvalue weighted by Gasteiger charge is -2.28. The molecule has 0 aromatic carbocycles. The van der Waals surface area contributed by atoms with E-state index in [1.807, 2.05) is 0 Å². The number of nitrogens with one attached hydrogen (secondary N) is 1. The number of hydrogen-bond acceptors (Lipinski definition) is 4. The van der Waals surface area contributed by atoms with Gasteiger partial charge in [0.25, 0.3) is 0 Å². The molecule has 1 aliphatic carbocycles. The maximum atomic E-state index is 12.0. The second-order valence-electron chi connectivity index (χ2n) is 6.23. The summed E-state index contributed by atoms with van der Waals surface area (Å²) < 4.78 is 5.42. The fraction of sp³-hybridized carbons (Fsp3) is 0.714. The van der Waals surface area contributed by atoms with Crippen LogP contribution in [-0.4, -0.2) is 35.8 Å². The van der Waals surface area contributed by atoms with Gasteiger partial charge >= 0.3 is 0 Å². The van der Waals surface area contributed by atoms with E-state index in [1.54, 1.807) is 13.8 Å². The molecule has 6 heteroatoms. The van der Waals surface area contributed by atoms with E-state index in [4.69, 9.17) is 10.5 Å². The van der Waals surface area contributed by atoms with Gasteiger partial charge in [0.1, 0.15) is 12.1 Å². The number of amides is 2. The summed E-state index contributed by atoms with van der Waals surface area (Å²) in [6.45, 7) is 3.43. The first kappa shape index (κ1) is 15.0. The van der Waals surface area contributed by atoms with E-state index in [2.05, 4.69) is 5.32 Å². The lowest BCUT2D eigenvalue weighted by atomic mass is 9.86. The van der Waals surface area contributed by atoms with Crippen LogP contribution in [0.15, 0.2) is 0 Å². The van der Waals surface area contributed by atoms with Crippen molar-refractivity contribution in [2.24, 2.45) is 11.1 Å². The van der Waals surface area contributed by atoms with Crippen LogP contribution in [0.4, 0.5) is 0 Å². The van der Waals surface area contributed by atoms with Crippen LogP contribution in [0.1, 0.15) is 39.5 Å². The highest BCUT2D eigenvalue weighted by molar-refractivity contribution is 5.98. The van der Waals surface area contributed by atoms with E-state index >= 15 is 0 Å². The van der Waals surface area contributed by atoms with Gasteiger partial charge in [0.15, 0.2) is 5.78 Å². The third kappa shape index (κ3) is 2.57. The molecular weight excluding hydrogens is 260 g/mol. The molecule has 20 heavy (non-hydrogen) atoms. The standard InChI is InChI=1S/C14H21N2O4/c1-13(2,12(15)19)7-5-11(18)16-14-6-3-4-10(14)20-8-9(14)17/h5,10H,3-4,6-8H2,1-2H3,(H2,15,19)(H,16,18). The largest absolute Gasteiger partial charge is 0.369 e. The molecule has 2 rings (SSSR count). The highest BCUT2D eigenvalue weighted by atomic mass is 16.5. The van der Waals surface area contributed by atoms with Gasteiger partial charge in [-0.1, -0.05) is 13.8 Å². The lowest BCUT2D eigenvalue weighted by molar-refractivity contribution is -0.129. The van der Waals surface area contributed by atoms with Gasteiger partial charge < -0.3 is 15.8 Å². The van der Waals surface area contributed by atoms with Gasteiger partial charge in [-0.25, -0.2) is 0 Å². The van der Waals surface area contributed by atoms with Gasteiger partial charge in [-0.05, 0) is 25.7 Å². The number of ether oxygens (including phenoxy) is 1. The van der Waals surface area contributed by atoms with E-state index in [0.717, 1.165) is 12.8 Å². The first-order chi connectivity index (χ1) is 9.28. The molecule has 2 atom stereocenters. The molecule has 6 nitrogen and oxygen atoms in total. The quantitative estimate of drug-likeness (QED) is 0.746. The minimum atomic E-state index is -0.857. The van der Waals surface area contributed by atoms with Crippen LogP contribution in [0.3, 0.4) is 0 Å². The van der Waals surface area contributed by atoms with Crippen LogP contribution in [0.5, 0.6) is 0 Å². The summed E-state index contributed by atoms with van der Waals surface area (Å²) in [5.74, 6) is -0.861. The molecule has 3 N–H and O–H groups in total. The molecule has 2 unspecified atom stereocenters. The molecule has 1 saturated heterocycles. The van der Waals surface area contributed by atoms with Gasteiger partial charge in [-0.3, -0.25) is 14.4 Å². The molecule has 2 amide bonds. The number of carbonyl (C=O) groups excluding carboxylic acids is 3. The number of primary amides is 1. The van der Waals surface area contributed by atoms with E-state index in [1.165, 1.54) is 6.42 Å². The zero-order valence-corrected chi connectivity index (χ0v) is 11.9. The number of carbonyl (C=O) groups is 3. The molecule has 1 aliphatic heterocycles. The Morgan fingerprint density at radius 1 is 1.55 bits per heavy atom. The number of nitrogens with two attached hydrogens (primary N) is 1. The first-order valence-corrected chi connectivity index (χ1v) is 6.88. The van der Waals surface area contributed by atoms with Crippen LogP contribution in [0.2, 0.25) is 0 Å². The zero-order valence-electron chi connectivity index (χ0n) is 11.9. The molecule has 0 aromatic heterocycles. The van der Waals surface area contributed by atoms with Crippen LogP contribution >= 0.6 is 0 Å². The summed E-state index contributed by atoms with van der Waals surface area (Å²) in [5.41, 5.74) is 3.63. The van der Waals surface area contributed by atoms with Crippen LogP contribution < -0.4 is 11.1 Å². The predicted octanol–water partition coefficient (Wildman–Crippen LogP) is 0.0991. The van der Waals surface area contributed by atoms with Crippen molar-refractivity contribution in [3.8, 4) is 0 Å². The van der Waals surface area contributed by atoms with Crippen molar-refractivity contribution in [1.29, 1.82) is 0 Å². The minimum Gasteiger partial charge on any atom is -0.369 e. The molecule has 1 radical (unpaired) electrons. The van der Waals surface area contributed by atoms with Crippen molar-refractivity contribution in [2.45, 2.75) is 51.2 Å². The summed E-state index contributed by atoms with van der Waals surface area (Å²) in [6, 6.07) is 0. The molecule has 1 saturated carbocycles. The highest BCUT2D eigenvalue weighted by Gasteiger charge is 2.54. The molecule has 1 heterocycles. The molecule has 0 aromatic rings. The second kappa shape index (κ2) is 5.16. The minimum absolute atomic E-state index is 0.0593. The number of Topliss-reactive ketones (excluding diaryl/α,β-unsaturated/α-hetero) is 1. The monoisotopic (exact) mass is 281 g/mol. The van der Waals surface area contributed by atoms with Crippen LogP contribution in [-0.2, 0) is 19.1 Å². The summed E-state index contributed by atoms with van der Waals surface area (Å²) >= 11 is 0. The Balaban J connectivity index is 1.95. The fourth-order valence-corrected chi connectivity index (χ4v) is 2.76. The smallest absolute Gasteiger partial charge is 0.224 e. The van der Waals surface area contributed by atoms with Crippen molar-refractivity contribution in [3.63, 3.8) is 0 Å². The number of hydrogen-bond donors (Lipinski definition) is 2. The normalized spacial score (nSPS) is 29.3. The third-order valence-electron chi connectivity index (χ3n) is 4.31. The average molecular weight is 281 g/mol. The van der Waals surface area contributed by atoms with E-state index in [0.29, 0.717) is 6.42 Å². The third-order valence-corrected chi connectivity index (χ3v) is 4.31. The van der Waals surface area contributed by atoms with Gasteiger partial charge in [-0.2, -0.15) is 0 Å².